The van der Waals surface area contributed by atoms with E-state index in [-0.39, 0.29) is 23.3 Å². The monoisotopic (exact) mass is 281 g/mol. The average molecular weight is 281 g/mol. The van der Waals surface area contributed by atoms with Gasteiger partial charge in [-0.05, 0) is 12.8 Å². The number of aromatic carboxylic acids is 1. The predicted octanol–water partition coefficient (Wildman–Crippen LogP) is 0.966. The molecule has 1 atom stereocenters. The Labute approximate surface area is 117 Å². The molecule has 0 aliphatic carbocycles. The fraction of sp³-hybridized carbons (Fsp3) is 0.538. The number of nitrogens with one attached hydrogen (secondary N) is 1. The van der Waals surface area contributed by atoms with Gasteiger partial charge in [0.25, 0.3) is 5.91 Å². The zero-order valence-corrected chi connectivity index (χ0v) is 11.8. The summed E-state index contributed by atoms with van der Waals surface area (Å²) in [5.41, 5.74) is -0.117. The number of rotatable bonds is 7. The van der Waals surface area contributed by atoms with Gasteiger partial charge in [0, 0.05) is 6.61 Å². The van der Waals surface area contributed by atoms with Crippen LogP contribution in [0.15, 0.2) is 12.4 Å². The van der Waals surface area contributed by atoms with E-state index in [1.165, 1.54) is 0 Å². The van der Waals surface area contributed by atoms with Crippen molar-refractivity contribution in [3.8, 4) is 0 Å². The summed E-state index contributed by atoms with van der Waals surface area (Å²) in [5, 5.41) is 11.5. The van der Waals surface area contributed by atoms with E-state index in [0.717, 1.165) is 12.4 Å². The van der Waals surface area contributed by atoms with Crippen molar-refractivity contribution >= 4 is 11.9 Å². The Bertz CT molecular complexity index is 459. The Morgan fingerprint density at radius 2 is 1.90 bits per heavy atom. The van der Waals surface area contributed by atoms with Gasteiger partial charge in [0.05, 0.1) is 25.0 Å². The van der Waals surface area contributed by atoms with Gasteiger partial charge in [0.15, 0.2) is 5.69 Å². The van der Waals surface area contributed by atoms with Gasteiger partial charge in [-0.15, -0.1) is 0 Å². The van der Waals surface area contributed by atoms with Crippen molar-refractivity contribution in [3.63, 3.8) is 0 Å². The molecular formula is C13H19N3O4. The number of carboxylic acid groups (broad SMARTS) is 1. The van der Waals surface area contributed by atoms with Crippen molar-refractivity contribution in [1.29, 1.82) is 0 Å². The number of ether oxygens (including phenoxy) is 1. The van der Waals surface area contributed by atoms with Crippen LogP contribution in [0.1, 0.15) is 41.7 Å². The van der Waals surface area contributed by atoms with Gasteiger partial charge in [-0.1, -0.05) is 13.8 Å². The van der Waals surface area contributed by atoms with E-state index in [0.29, 0.717) is 13.2 Å². The molecule has 0 saturated carbocycles. The minimum Gasteiger partial charge on any atom is -0.476 e. The summed E-state index contributed by atoms with van der Waals surface area (Å²) in [5.74, 6) is -1.37. The lowest BCUT2D eigenvalue weighted by molar-refractivity contribution is 0.0688. The molecule has 0 aromatic carbocycles. The highest BCUT2D eigenvalue weighted by molar-refractivity contribution is 5.92. The molecular weight excluding hydrogens is 262 g/mol. The molecule has 7 nitrogen and oxygen atoms in total. The summed E-state index contributed by atoms with van der Waals surface area (Å²) in [6.07, 6.45) is 2.21. The topological polar surface area (TPSA) is 101 Å². The maximum Gasteiger partial charge on any atom is 0.356 e. The third-order valence-corrected chi connectivity index (χ3v) is 2.73. The van der Waals surface area contributed by atoms with Crippen molar-refractivity contribution in [2.24, 2.45) is 5.92 Å². The van der Waals surface area contributed by atoms with Crippen LogP contribution in [-0.2, 0) is 4.74 Å². The number of hydrogen-bond acceptors (Lipinski definition) is 5. The van der Waals surface area contributed by atoms with Crippen molar-refractivity contribution < 1.29 is 19.4 Å². The largest absolute Gasteiger partial charge is 0.476 e. The van der Waals surface area contributed by atoms with Crippen molar-refractivity contribution in [2.45, 2.75) is 26.8 Å². The van der Waals surface area contributed by atoms with Gasteiger partial charge in [0.1, 0.15) is 5.69 Å². The first-order valence-corrected chi connectivity index (χ1v) is 6.39. The maximum atomic E-state index is 12.0. The van der Waals surface area contributed by atoms with E-state index in [2.05, 4.69) is 15.3 Å². The average Bonchev–Trinajstić information content (AvgIpc) is 2.42. The lowest BCUT2D eigenvalue weighted by Gasteiger charge is -2.21. The normalized spacial score (nSPS) is 12.2. The highest BCUT2D eigenvalue weighted by Gasteiger charge is 2.18. The molecule has 110 valence electrons. The van der Waals surface area contributed by atoms with E-state index in [9.17, 15) is 9.59 Å². The molecule has 2 N–H and O–H groups in total. The van der Waals surface area contributed by atoms with E-state index >= 15 is 0 Å². The van der Waals surface area contributed by atoms with Gasteiger partial charge in [-0.25, -0.2) is 14.8 Å². The van der Waals surface area contributed by atoms with Crippen molar-refractivity contribution in [3.05, 3.63) is 23.8 Å². The summed E-state index contributed by atoms with van der Waals surface area (Å²) >= 11 is 0. The van der Waals surface area contributed by atoms with E-state index < -0.39 is 11.9 Å². The summed E-state index contributed by atoms with van der Waals surface area (Å²) in [6.45, 7) is 6.83. The molecule has 0 radical (unpaired) electrons. The Balaban J connectivity index is 2.70. The summed E-state index contributed by atoms with van der Waals surface area (Å²) in [7, 11) is 0. The lowest BCUT2D eigenvalue weighted by Crippen LogP contribution is -2.42. The fourth-order valence-electron chi connectivity index (χ4n) is 1.44. The number of carboxylic acids is 1. The zero-order chi connectivity index (χ0) is 15.1. The third-order valence-electron chi connectivity index (χ3n) is 2.73. The minimum atomic E-state index is -1.18. The summed E-state index contributed by atoms with van der Waals surface area (Å²) in [4.78, 5) is 30.1. The molecule has 1 unspecified atom stereocenters. The SMILES string of the molecule is CCOCC(NC(=O)c1cnc(C(=O)O)cn1)C(C)C. The van der Waals surface area contributed by atoms with E-state index in [4.69, 9.17) is 9.84 Å². The van der Waals surface area contributed by atoms with Crippen LogP contribution in [0.25, 0.3) is 0 Å². The molecule has 0 saturated heterocycles. The number of carbonyl (C=O) groups is 2. The van der Waals surface area contributed by atoms with Gasteiger partial charge < -0.3 is 15.2 Å². The van der Waals surface area contributed by atoms with E-state index in [1.54, 1.807) is 0 Å². The number of amides is 1. The molecule has 1 heterocycles. The van der Waals surface area contributed by atoms with Crippen LogP contribution in [0.4, 0.5) is 0 Å². The summed E-state index contributed by atoms with van der Waals surface area (Å²) in [6, 6.07) is -0.136. The van der Waals surface area contributed by atoms with E-state index in [1.807, 2.05) is 20.8 Å². The molecule has 20 heavy (non-hydrogen) atoms. The quantitative estimate of drug-likeness (QED) is 0.772. The molecule has 1 rings (SSSR count). The zero-order valence-electron chi connectivity index (χ0n) is 11.8. The van der Waals surface area contributed by atoms with Crippen LogP contribution < -0.4 is 5.32 Å². The smallest absolute Gasteiger partial charge is 0.356 e. The molecule has 0 fully saturated rings. The van der Waals surface area contributed by atoms with Crippen LogP contribution >= 0.6 is 0 Å². The van der Waals surface area contributed by atoms with Crippen LogP contribution in [0, 0.1) is 5.92 Å². The number of hydrogen-bond donors (Lipinski definition) is 2. The molecule has 1 aromatic rings. The molecule has 0 aliphatic rings. The van der Waals surface area contributed by atoms with Gasteiger partial charge in [-0.2, -0.15) is 0 Å². The molecule has 0 aliphatic heterocycles. The molecule has 0 spiro atoms. The number of carbonyl (C=O) groups excluding carboxylic acids is 1. The van der Waals surface area contributed by atoms with Crippen LogP contribution in [0.5, 0.6) is 0 Å². The van der Waals surface area contributed by atoms with Crippen LogP contribution in [-0.4, -0.2) is 46.2 Å². The fourth-order valence-corrected chi connectivity index (χ4v) is 1.44. The number of aromatic nitrogens is 2. The third kappa shape index (κ3) is 4.58. The molecule has 0 bridgehead atoms. The first-order chi connectivity index (χ1) is 9.45. The Hall–Kier alpha value is -2.02. The highest BCUT2D eigenvalue weighted by Crippen LogP contribution is 2.04. The lowest BCUT2D eigenvalue weighted by atomic mass is 10.1. The highest BCUT2D eigenvalue weighted by atomic mass is 16.5. The Morgan fingerprint density at radius 1 is 1.30 bits per heavy atom. The minimum absolute atomic E-state index is 0.0807. The molecule has 7 heteroatoms. The predicted molar refractivity (Wildman–Crippen MR) is 71.6 cm³/mol. The Kier molecular flexibility index (Phi) is 6.05. The standard InChI is InChI=1S/C13H19N3O4/c1-4-20-7-11(8(2)3)16-12(17)9-5-15-10(6-14-9)13(18)19/h5-6,8,11H,4,7H2,1-3H3,(H,16,17)(H,18,19). The number of nitrogens with zero attached hydrogens (tertiary/aromatic N) is 2. The van der Waals surface area contributed by atoms with Crippen molar-refractivity contribution in [1.82, 2.24) is 15.3 Å². The van der Waals surface area contributed by atoms with Gasteiger partial charge in [-0.3, -0.25) is 4.79 Å². The first kappa shape index (κ1) is 16.0. The van der Waals surface area contributed by atoms with Crippen LogP contribution in [0.2, 0.25) is 0 Å². The Morgan fingerprint density at radius 3 is 2.35 bits per heavy atom. The van der Waals surface area contributed by atoms with Crippen molar-refractivity contribution in [2.75, 3.05) is 13.2 Å². The second-order valence-electron chi connectivity index (χ2n) is 4.58. The maximum absolute atomic E-state index is 12.0. The van der Waals surface area contributed by atoms with Crippen LogP contribution in [0.3, 0.4) is 0 Å². The second kappa shape index (κ2) is 7.54. The first-order valence-electron chi connectivity index (χ1n) is 6.39. The molecule has 1 amide bonds. The van der Waals surface area contributed by atoms with Gasteiger partial charge >= 0.3 is 5.97 Å². The summed E-state index contributed by atoms with van der Waals surface area (Å²) < 4.78 is 5.32. The second-order valence-corrected chi connectivity index (χ2v) is 4.58. The van der Waals surface area contributed by atoms with Gasteiger partial charge in [0.2, 0.25) is 0 Å². The molecule has 1 aromatic heterocycles.